The van der Waals surface area contributed by atoms with E-state index in [2.05, 4.69) is 21.4 Å². The summed E-state index contributed by atoms with van der Waals surface area (Å²) in [4.78, 5) is 39.7. The fourth-order valence-corrected chi connectivity index (χ4v) is 4.65. The van der Waals surface area contributed by atoms with E-state index in [4.69, 9.17) is 0 Å². The number of rotatable bonds is 5. The molecular formula is C22H24N4O3S. The minimum absolute atomic E-state index is 0.258. The van der Waals surface area contributed by atoms with E-state index < -0.39 is 11.1 Å². The number of fused-ring (bicyclic) bond motifs is 1. The van der Waals surface area contributed by atoms with Crippen molar-refractivity contribution in [3.63, 3.8) is 0 Å². The quantitative estimate of drug-likeness (QED) is 0.656. The summed E-state index contributed by atoms with van der Waals surface area (Å²) in [5.74, 6) is 1.97. The molecule has 1 aromatic heterocycles. The van der Waals surface area contributed by atoms with Crippen molar-refractivity contribution >= 4 is 34.1 Å². The fraction of sp³-hybridized carbons (Fsp3) is 0.318. The second kappa shape index (κ2) is 8.89. The lowest BCUT2D eigenvalue weighted by molar-refractivity contribution is -0.117. The van der Waals surface area contributed by atoms with Gasteiger partial charge in [-0.1, -0.05) is 24.3 Å². The van der Waals surface area contributed by atoms with E-state index in [0.29, 0.717) is 16.5 Å². The lowest BCUT2D eigenvalue weighted by atomic mass is 10.1. The predicted octanol–water partition coefficient (Wildman–Crippen LogP) is 2.19. The number of nitrogens with one attached hydrogen (secondary N) is 2. The fourth-order valence-electron chi connectivity index (χ4n) is 3.67. The number of aryl methyl sites for hydroxylation is 1. The van der Waals surface area contributed by atoms with Crippen LogP contribution in [0.2, 0.25) is 0 Å². The zero-order valence-electron chi connectivity index (χ0n) is 16.8. The summed E-state index contributed by atoms with van der Waals surface area (Å²) in [6.07, 6.45) is 0. The van der Waals surface area contributed by atoms with E-state index in [9.17, 15) is 14.4 Å². The van der Waals surface area contributed by atoms with Gasteiger partial charge in [0.15, 0.2) is 0 Å². The highest BCUT2D eigenvalue weighted by molar-refractivity contribution is 7.99. The summed E-state index contributed by atoms with van der Waals surface area (Å²) in [7, 11) is 0. The van der Waals surface area contributed by atoms with Crippen LogP contribution in [0.5, 0.6) is 0 Å². The van der Waals surface area contributed by atoms with Crippen molar-refractivity contribution in [2.45, 2.75) is 20.0 Å². The second-order valence-electron chi connectivity index (χ2n) is 7.46. The van der Waals surface area contributed by atoms with Crippen LogP contribution in [0.25, 0.3) is 10.8 Å². The smallest absolute Gasteiger partial charge is 0.273 e. The van der Waals surface area contributed by atoms with E-state index in [1.807, 2.05) is 30.8 Å². The van der Waals surface area contributed by atoms with Crippen LogP contribution in [0, 0.1) is 6.92 Å². The van der Waals surface area contributed by atoms with Crippen molar-refractivity contribution in [3.8, 4) is 0 Å². The molecule has 0 saturated carbocycles. The molecule has 1 aliphatic heterocycles. The van der Waals surface area contributed by atoms with Crippen LogP contribution in [0.1, 0.15) is 11.1 Å². The Kier molecular flexibility index (Phi) is 6.06. The number of hydrogen-bond acceptors (Lipinski definition) is 5. The maximum Gasteiger partial charge on any atom is 0.273 e. The maximum atomic E-state index is 12.6. The Balaban J connectivity index is 1.46. The van der Waals surface area contributed by atoms with Crippen LogP contribution in [0.4, 0.5) is 5.69 Å². The minimum atomic E-state index is -0.396. The topological polar surface area (TPSA) is 87.2 Å². The van der Waals surface area contributed by atoms with Gasteiger partial charge >= 0.3 is 0 Å². The summed E-state index contributed by atoms with van der Waals surface area (Å²) in [6, 6.07) is 12.6. The van der Waals surface area contributed by atoms with Crippen molar-refractivity contribution in [1.29, 1.82) is 0 Å². The van der Waals surface area contributed by atoms with Crippen LogP contribution >= 0.6 is 11.8 Å². The molecule has 4 rings (SSSR count). The number of aromatic nitrogens is 2. The van der Waals surface area contributed by atoms with Gasteiger partial charge in [-0.3, -0.25) is 24.4 Å². The Morgan fingerprint density at radius 1 is 1.10 bits per heavy atom. The molecule has 0 unspecified atom stereocenters. The van der Waals surface area contributed by atoms with E-state index in [0.717, 1.165) is 29.9 Å². The first-order chi connectivity index (χ1) is 14.5. The number of amides is 1. The van der Waals surface area contributed by atoms with Gasteiger partial charge < -0.3 is 5.32 Å². The number of anilines is 1. The van der Waals surface area contributed by atoms with Crippen molar-refractivity contribution < 1.29 is 4.79 Å². The Bertz CT molecular complexity index is 1190. The van der Waals surface area contributed by atoms with Gasteiger partial charge in [0, 0.05) is 36.8 Å². The third-order valence-electron chi connectivity index (χ3n) is 5.26. The molecule has 2 aromatic carbocycles. The first-order valence-corrected chi connectivity index (χ1v) is 11.1. The number of thioether (sulfide) groups is 1. The first-order valence-electron chi connectivity index (χ1n) is 9.92. The van der Waals surface area contributed by atoms with E-state index in [1.165, 1.54) is 17.1 Å². The molecule has 156 valence electrons. The monoisotopic (exact) mass is 424 g/mol. The molecule has 2 N–H and O–H groups in total. The summed E-state index contributed by atoms with van der Waals surface area (Å²) in [5, 5.41) is 5.95. The molecule has 0 bridgehead atoms. The molecule has 7 nitrogen and oxygen atoms in total. The van der Waals surface area contributed by atoms with E-state index in [1.54, 1.807) is 24.3 Å². The van der Waals surface area contributed by atoms with Gasteiger partial charge in [-0.05, 0) is 36.2 Å². The minimum Gasteiger partial charge on any atom is -0.324 e. The number of carbonyl (C=O) groups excluding carboxylic acids is 1. The van der Waals surface area contributed by atoms with Gasteiger partial charge in [0.25, 0.3) is 11.1 Å². The van der Waals surface area contributed by atoms with Gasteiger partial charge in [-0.2, -0.15) is 11.8 Å². The molecular weight excluding hydrogens is 400 g/mol. The van der Waals surface area contributed by atoms with Crippen molar-refractivity contribution in [2.75, 3.05) is 29.9 Å². The SMILES string of the molecule is Cc1cc(CN2CCSCC2)ccc1NC(=O)Cn1[nH]c(=O)c2ccccc2c1=O. The van der Waals surface area contributed by atoms with Crippen molar-refractivity contribution in [1.82, 2.24) is 14.7 Å². The number of aromatic amines is 1. The number of nitrogens with zero attached hydrogens (tertiary/aromatic N) is 2. The Morgan fingerprint density at radius 2 is 1.83 bits per heavy atom. The molecule has 8 heteroatoms. The van der Waals surface area contributed by atoms with Crippen LogP contribution in [0.15, 0.2) is 52.1 Å². The average Bonchev–Trinajstić information content (AvgIpc) is 2.74. The van der Waals surface area contributed by atoms with Gasteiger partial charge in [0.05, 0.1) is 10.8 Å². The maximum absolute atomic E-state index is 12.6. The van der Waals surface area contributed by atoms with E-state index in [-0.39, 0.29) is 12.5 Å². The summed E-state index contributed by atoms with van der Waals surface area (Å²) in [6.45, 7) is 4.80. The molecule has 0 spiro atoms. The highest BCUT2D eigenvalue weighted by Crippen LogP contribution is 2.19. The Labute approximate surface area is 178 Å². The first kappa shape index (κ1) is 20.4. The second-order valence-corrected chi connectivity index (χ2v) is 8.69. The van der Waals surface area contributed by atoms with E-state index >= 15 is 0 Å². The number of hydrogen-bond donors (Lipinski definition) is 2. The highest BCUT2D eigenvalue weighted by Gasteiger charge is 2.13. The van der Waals surface area contributed by atoms with Gasteiger partial charge in [-0.25, -0.2) is 4.68 Å². The van der Waals surface area contributed by atoms with Gasteiger partial charge in [0.1, 0.15) is 6.54 Å². The number of benzene rings is 2. The molecule has 0 aliphatic carbocycles. The molecule has 1 saturated heterocycles. The van der Waals surface area contributed by atoms with Crippen LogP contribution in [0.3, 0.4) is 0 Å². The normalized spacial score (nSPS) is 14.7. The molecule has 0 atom stereocenters. The molecule has 1 fully saturated rings. The molecule has 1 amide bonds. The standard InChI is InChI=1S/C22H24N4O3S/c1-15-12-16(13-25-8-10-30-11-9-25)6-7-19(15)23-20(27)14-26-22(29)18-5-3-2-4-17(18)21(28)24-26/h2-7,12H,8-11,13-14H2,1H3,(H,23,27)(H,24,28). The lowest BCUT2D eigenvalue weighted by Gasteiger charge is -2.26. The van der Waals surface area contributed by atoms with Gasteiger partial charge in [0.2, 0.25) is 5.91 Å². The molecule has 2 heterocycles. The largest absolute Gasteiger partial charge is 0.324 e. The van der Waals surface area contributed by atoms with Crippen molar-refractivity contribution in [3.05, 3.63) is 74.3 Å². The lowest BCUT2D eigenvalue weighted by Crippen LogP contribution is -2.34. The summed E-state index contributed by atoms with van der Waals surface area (Å²) >= 11 is 1.99. The zero-order chi connectivity index (χ0) is 21.1. The van der Waals surface area contributed by atoms with Crippen LogP contribution in [-0.2, 0) is 17.9 Å². The average molecular weight is 425 g/mol. The number of carbonyl (C=O) groups is 1. The van der Waals surface area contributed by atoms with Crippen LogP contribution in [-0.4, -0.2) is 45.2 Å². The third-order valence-corrected chi connectivity index (χ3v) is 6.20. The zero-order valence-corrected chi connectivity index (χ0v) is 17.6. The predicted molar refractivity (Wildman–Crippen MR) is 121 cm³/mol. The third kappa shape index (κ3) is 4.49. The summed E-state index contributed by atoms with van der Waals surface area (Å²) < 4.78 is 1.05. The van der Waals surface area contributed by atoms with Crippen molar-refractivity contribution in [2.24, 2.45) is 0 Å². The summed E-state index contributed by atoms with van der Waals surface area (Å²) in [5.41, 5.74) is 2.09. The highest BCUT2D eigenvalue weighted by atomic mass is 32.2. The van der Waals surface area contributed by atoms with Gasteiger partial charge in [-0.15, -0.1) is 0 Å². The molecule has 30 heavy (non-hydrogen) atoms. The molecule has 0 radical (unpaired) electrons. The molecule has 3 aromatic rings. The Morgan fingerprint density at radius 3 is 2.57 bits per heavy atom. The Hall–Kier alpha value is -2.84. The number of H-pyrrole nitrogens is 1. The van der Waals surface area contributed by atoms with Crippen LogP contribution < -0.4 is 16.4 Å². The molecule has 1 aliphatic rings.